The summed E-state index contributed by atoms with van der Waals surface area (Å²) in [6, 6.07) is 12.7. The lowest BCUT2D eigenvalue weighted by Crippen LogP contribution is -2.22. The summed E-state index contributed by atoms with van der Waals surface area (Å²) in [5.41, 5.74) is 8.68. The average molecular weight is 285 g/mol. The predicted octanol–water partition coefficient (Wildman–Crippen LogP) is 2.77. The van der Waals surface area contributed by atoms with Crippen molar-refractivity contribution in [3.8, 4) is 5.75 Å². The lowest BCUT2D eigenvalue weighted by atomic mass is 10.1. The Morgan fingerprint density at radius 3 is 2.71 bits per heavy atom. The van der Waals surface area contributed by atoms with Crippen LogP contribution in [0.15, 0.2) is 42.5 Å². The van der Waals surface area contributed by atoms with Crippen molar-refractivity contribution in [2.75, 3.05) is 24.7 Å². The molecule has 0 spiro atoms. The second kappa shape index (κ2) is 6.65. The molecule has 0 atom stereocenters. The first-order valence-electron chi connectivity index (χ1n) is 6.73. The summed E-state index contributed by atoms with van der Waals surface area (Å²) < 4.78 is 5.18. The number of carbonyl (C=O) groups is 1. The van der Waals surface area contributed by atoms with Crippen molar-refractivity contribution in [1.29, 1.82) is 0 Å². The first-order chi connectivity index (χ1) is 10.1. The molecular formula is C16H19N3O2. The molecule has 4 N–H and O–H groups in total. The third-order valence-electron chi connectivity index (χ3n) is 3.00. The van der Waals surface area contributed by atoms with Gasteiger partial charge in [-0.05, 0) is 37.3 Å². The largest absolute Gasteiger partial charge is 0.497 e. The fourth-order valence-electron chi connectivity index (χ4n) is 1.94. The van der Waals surface area contributed by atoms with Crippen molar-refractivity contribution in [1.82, 2.24) is 5.32 Å². The van der Waals surface area contributed by atoms with Gasteiger partial charge in [-0.15, -0.1) is 0 Å². The van der Waals surface area contributed by atoms with Crippen LogP contribution in [0.4, 0.5) is 17.1 Å². The molecule has 5 heteroatoms. The fourth-order valence-corrected chi connectivity index (χ4v) is 1.94. The Bertz CT molecular complexity index is 641. The molecule has 2 aromatic rings. The second-order valence-corrected chi connectivity index (χ2v) is 4.52. The average Bonchev–Trinajstić information content (AvgIpc) is 2.49. The Balaban J connectivity index is 2.19. The second-order valence-electron chi connectivity index (χ2n) is 4.52. The van der Waals surface area contributed by atoms with Crippen molar-refractivity contribution in [3.05, 3.63) is 48.0 Å². The third kappa shape index (κ3) is 3.66. The van der Waals surface area contributed by atoms with E-state index in [2.05, 4.69) is 10.6 Å². The molecule has 0 radical (unpaired) electrons. The molecule has 0 heterocycles. The van der Waals surface area contributed by atoms with Crippen LogP contribution in [0.1, 0.15) is 17.3 Å². The van der Waals surface area contributed by atoms with E-state index in [9.17, 15) is 4.79 Å². The van der Waals surface area contributed by atoms with Crippen molar-refractivity contribution in [2.45, 2.75) is 6.92 Å². The van der Waals surface area contributed by atoms with Crippen LogP contribution in [0.2, 0.25) is 0 Å². The monoisotopic (exact) mass is 285 g/mol. The van der Waals surface area contributed by atoms with E-state index in [1.165, 1.54) is 0 Å². The quantitative estimate of drug-likeness (QED) is 0.738. The van der Waals surface area contributed by atoms with Gasteiger partial charge in [-0.1, -0.05) is 6.07 Å². The first kappa shape index (κ1) is 14.7. The summed E-state index contributed by atoms with van der Waals surface area (Å²) >= 11 is 0. The van der Waals surface area contributed by atoms with Crippen LogP contribution in [-0.2, 0) is 0 Å². The van der Waals surface area contributed by atoms with Crippen LogP contribution < -0.4 is 21.1 Å². The number of methoxy groups -OCH3 is 1. The normalized spacial score (nSPS) is 10.0. The zero-order chi connectivity index (χ0) is 15.2. The molecule has 2 aromatic carbocycles. The number of amides is 1. The third-order valence-corrected chi connectivity index (χ3v) is 3.00. The topological polar surface area (TPSA) is 76.4 Å². The maximum Gasteiger partial charge on any atom is 0.251 e. The fraction of sp³-hybridized carbons (Fsp3) is 0.188. The Labute approximate surface area is 124 Å². The summed E-state index contributed by atoms with van der Waals surface area (Å²) in [6.45, 7) is 2.46. The molecule has 1 amide bonds. The molecule has 0 aromatic heterocycles. The molecule has 110 valence electrons. The van der Waals surface area contributed by atoms with Gasteiger partial charge in [0.1, 0.15) is 5.75 Å². The van der Waals surface area contributed by atoms with E-state index in [0.29, 0.717) is 17.8 Å². The number of ether oxygens (including phenoxy) is 1. The first-order valence-corrected chi connectivity index (χ1v) is 6.73. The van der Waals surface area contributed by atoms with Gasteiger partial charge in [0.2, 0.25) is 0 Å². The van der Waals surface area contributed by atoms with Gasteiger partial charge in [0.15, 0.2) is 0 Å². The molecule has 0 aliphatic heterocycles. The molecule has 0 fully saturated rings. The van der Waals surface area contributed by atoms with E-state index < -0.39 is 0 Å². The van der Waals surface area contributed by atoms with Gasteiger partial charge in [0.25, 0.3) is 5.91 Å². The molecule has 0 saturated heterocycles. The number of anilines is 3. The minimum absolute atomic E-state index is 0.128. The maximum absolute atomic E-state index is 11.7. The van der Waals surface area contributed by atoms with Crippen molar-refractivity contribution >= 4 is 23.0 Å². The van der Waals surface area contributed by atoms with Crippen molar-refractivity contribution < 1.29 is 9.53 Å². The number of hydrogen-bond acceptors (Lipinski definition) is 4. The molecule has 0 unspecified atom stereocenters. The molecule has 21 heavy (non-hydrogen) atoms. The summed E-state index contributed by atoms with van der Waals surface area (Å²) in [5.74, 6) is 0.634. The number of nitrogens with two attached hydrogens (primary N) is 1. The standard InChI is InChI=1S/C16H19N3O2/c1-3-18-16(20)11-7-8-15(14(17)9-11)19-12-5-4-6-13(10-12)21-2/h4-10,19H,3,17H2,1-2H3,(H,18,20). The van der Waals surface area contributed by atoms with Crippen LogP contribution in [-0.4, -0.2) is 19.6 Å². The van der Waals surface area contributed by atoms with E-state index in [-0.39, 0.29) is 5.91 Å². The molecule has 2 rings (SSSR count). The van der Waals surface area contributed by atoms with Gasteiger partial charge in [-0.3, -0.25) is 4.79 Å². The number of benzene rings is 2. The number of carbonyl (C=O) groups excluding carboxylic acids is 1. The van der Waals surface area contributed by atoms with Gasteiger partial charge >= 0.3 is 0 Å². The SMILES string of the molecule is CCNC(=O)c1ccc(Nc2cccc(OC)c2)c(N)c1. The van der Waals surface area contributed by atoms with E-state index in [1.807, 2.05) is 31.2 Å². The van der Waals surface area contributed by atoms with E-state index in [0.717, 1.165) is 17.1 Å². The van der Waals surface area contributed by atoms with Crippen molar-refractivity contribution in [2.24, 2.45) is 0 Å². The predicted molar refractivity (Wildman–Crippen MR) is 85.1 cm³/mol. The highest BCUT2D eigenvalue weighted by Crippen LogP contribution is 2.26. The van der Waals surface area contributed by atoms with Gasteiger partial charge in [0, 0.05) is 23.9 Å². The molecule has 0 saturated carbocycles. The molecule has 0 aliphatic rings. The minimum atomic E-state index is -0.128. The Hall–Kier alpha value is -2.69. The highest BCUT2D eigenvalue weighted by atomic mass is 16.5. The van der Waals surface area contributed by atoms with Crippen LogP contribution in [0, 0.1) is 0 Å². The summed E-state index contributed by atoms with van der Waals surface area (Å²) in [5, 5.41) is 5.95. The molecule has 5 nitrogen and oxygen atoms in total. The molecule has 0 aliphatic carbocycles. The van der Waals surface area contributed by atoms with E-state index in [1.54, 1.807) is 25.3 Å². The Morgan fingerprint density at radius 2 is 2.05 bits per heavy atom. The summed E-state index contributed by atoms with van der Waals surface area (Å²) in [6.07, 6.45) is 0. The lowest BCUT2D eigenvalue weighted by Gasteiger charge is -2.12. The van der Waals surface area contributed by atoms with Gasteiger partial charge in [-0.25, -0.2) is 0 Å². The van der Waals surface area contributed by atoms with E-state index in [4.69, 9.17) is 10.5 Å². The van der Waals surface area contributed by atoms with Crippen molar-refractivity contribution in [3.63, 3.8) is 0 Å². The van der Waals surface area contributed by atoms with E-state index >= 15 is 0 Å². The highest BCUT2D eigenvalue weighted by molar-refractivity contribution is 5.96. The van der Waals surface area contributed by atoms with Crippen LogP contribution in [0.25, 0.3) is 0 Å². The van der Waals surface area contributed by atoms with Gasteiger partial charge in [0.05, 0.1) is 18.5 Å². The molecular weight excluding hydrogens is 266 g/mol. The van der Waals surface area contributed by atoms with Crippen LogP contribution >= 0.6 is 0 Å². The van der Waals surface area contributed by atoms with Crippen LogP contribution in [0.3, 0.4) is 0 Å². The maximum atomic E-state index is 11.7. The zero-order valence-corrected chi connectivity index (χ0v) is 12.1. The Kier molecular flexibility index (Phi) is 4.66. The zero-order valence-electron chi connectivity index (χ0n) is 12.1. The number of hydrogen-bond donors (Lipinski definition) is 3. The summed E-state index contributed by atoms with van der Waals surface area (Å²) in [4.78, 5) is 11.7. The number of nitrogens with one attached hydrogen (secondary N) is 2. The number of rotatable bonds is 5. The summed E-state index contributed by atoms with van der Waals surface area (Å²) in [7, 11) is 1.62. The minimum Gasteiger partial charge on any atom is -0.497 e. The van der Waals surface area contributed by atoms with Crippen LogP contribution in [0.5, 0.6) is 5.75 Å². The lowest BCUT2D eigenvalue weighted by molar-refractivity contribution is 0.0956. The smallest absolute Gasteiger partial charge is 0.251 e. The number of nitrogen functional groups attached to an aromatic ring is 1. The van der Waals surface area contributed by atoms with Gasteiger partial charge in [-0.2, -0.15) is 0 Å². The van der Waals surface area contributed by atoms with Gasteiger partial charge < -0.3 is 21.1 Å². The highest BCUT2D eigenvalue weighted by Gasteiger charge is 2.07. The molecule has 0 bridgehead atoms. The Morgan fingerprint density at radius 1 is 1.24 bits per heavy atom.